The lowest BCUT2D eigenvalue weighted by Gasteiger charge is -2.37. The van der Waals surface area contributed by atoms with Gasteiger partial charge in [0.25, 0.3) is 0 Å². The van der Waals surface area contributed by atoms with E-state index in [1.807, 2.05) is 12.1 Å². The molecule has 2 aromatic heterocycles. The van der Waals surface area contributed by atoms with Crippen LogP contribution in [0.1, 0.15) is 39.0 Å². The summed E-state index contributed by atoms with van der Waals surface area (Å²) in [6.45, 7) is 5.28. The first kappa shape index (κ1) is 13.2. The van der Waals surface area contributed by atoms with Gasteiger partial charge in [0.05, 0.1) is 6.54 Å². The molecule has 0 saturated carbocycles. The van der Waals surface area contributed by atoms with E-state index in [1.165, 1.54) is 19.3 Å². The largest absolute Gasteiger partial charge is 0.338 e. The molecule has 1 aliphatic heterocycles. The fourth-order valence-corrected chi connectivity index (χ4v) is 2.87. The number of pyridine rings is 1. The van der Waals surface area contributed by atoms with Crippen LogP contribution in [0.25, 0.3) is 11.4 Å². The number of aromatic nitrogens is 3. The molecule has 0 bridgehead atoms. The van der Waals surface area contributed by atoms with Gasteiger partial charge in [-0.25, -0.2) is 0 Å². The Morgan fingerprint density at radius 1 is 1.30 bits per heavy atom. The summed E-state index contributed by atoms with van der Waals surface area (Å²) in [6, 6.07) is 4.97. The van der Waals surface area contributed by atoms with Gasteiger partial charge < -0.3 is 4.52 Å². The average Bonchev–Trinajstić information content (AvgIpc) is 2.93. The predicted octanol–water partition coefficient (Wildman–Crippen LogP) is 2.89. The van der Waals surface area contributed by atoms with Crippen molar-refractivity contribution in [1.82, 2.24) is 20.0 Å². The third-order valence-corrected chi connectivity index (χ3v) is 4.08. The van der Waals surface area contributed by atoms with E-state index in [2.05, 4.69) is 33.9 Å². The molecule has 3 heterocycles. The van der Waals surface area contributed by atoms with Gasteiger partial charge in [-0.3, -0.25) is 9.88 Å². The highest BCUT2D eigenvalue weighted by molar-refractivity contribution is 5.51. The van der Waals surface area contributed by atoms with E-state index in [-0.39, 0.29) is 0 Å². The molecule has 5 nitrogen and oxygen atoms in total. The standard InChI is InChI=1S/C15H20N4O/c1-11-5-3-6-12(2)19(11)10-14-17-15(18-20-14)13-7-4-8-16-9-13/h4,7-9,11-12H,3,5-6,10H2,1-2H3/t11-,12+. The molecule has 0 unspecified atom stereocenters. The van der Waals surface area contributed by atoms with E-state index in [0.717, 1.165) is 12.1 Å². The van der Waals surface area contributed by atoms with Crippen molar-refractivity contribution in [2.45, 2.75) is 51.7 Å². The Bertz CT molecular complexity index is 544. The number of hydrogen-bond acceptors (Lipinski definition) is 5. The van der Waals surface area contributed by atoms with Crippen molar-refractivity contribution < 1.29 is 4.52 Å². The van der Waals surface area contributed by atoms with Gasteiger partial charge in [-0.2, -0.15) is 4.98 Å². The fourth-order valence-electron chi connectivity index (χ4n) is 2.87. The highest BCUT2D eigenvalue weighted by atomic mass is 16.5. The van der Waals surface area contributed by atoms with Crippen LogP contribution in [0.4, 0.5) is 0 Å². The van der Waals surface area contributed by atoms with E-state index in [1.54, 1.807) is 12.4 Å². The first-order chi connectivity index (χ1) is 9.74. The van der Waals surface area contributed by atoms with E-state index in [4.69, 9.17) is 4.52 Å². The van der Waals surface area contributed by atoms with Crippen molar-refractivity contribution >= 4 is 0 Å². The van der Waals surface area contributed by atoms with Crippen LogP contribution in [0.5, 0.6) is 0 Å². The van der Waals surface area contributed by atoms with Crippen molar-refractivity contribution in [3.63, 3.8) is 0 Å². The van der Waals surface area contributed by atoms with Gasteiger partial charge in [0, 0.05) is 30.0 Å². The minimum absolute atomic E-state index is 0.576. The second-order valence-corrected chi connectivity index (χ2v) is 5.55. The summed E-state index contributed by atoms with van der Waals surface area (Å²) in [5, 5.41) is 4.05. The Morgan fingerprint density at radius 2 is 2.10 bits per heavy atom. The topological polar surface area (TPSA) is 55.1 Å². The van der Waals surface area contributed by atoms with Crippen LogP contribution in [-0.4, -0.2) is 32.1 Å². The van der Waals surface area contributed by atoms with Crippen LogP contribution < -0.4 is 0 Å². The van der Waals surface area contributed by atoms with E-state index >= 15 is 0 Å². The molecule has 5 heteroatoms. The van der Waals surface area contributed by atoms with Crippen molar-refractivity contribution in [1.29, 1.82) is 0 Å². The summed E-state index contributed by atoms with van der Waals surface area (Å²) in [5.74, 6) is 1.30. The van der Waals surface area contributed by atoms with Gasteiger partial charge in [-0.1, -0.05) is 11.6 Å². The number of likely N-dealkylation sites (tertiary alicyclic amines) is 1. The Balaban J connectivity index is 1.74. The maximum Gasteiger partial charge on any atom is 0.241 e. The van der Waals surface area contributed by atoms with Gasteiger partial charge in [-0.05, 0) is 38.8 Å². The molecule has 0 radical (unpaired) electrons. The molecule has 3 rings (SSSR count). The van der Waals surface area contributed by atoms with Gasteiger partial charge in [-0.15, -0.1) is 0 Å². The lowest BCUT2D eigenvalue weighted by atomic mass is 9.98. The molecule has 20 heavy (non-hydrogen) atoms. The number of piperidine rings is 1. The Kier molecular flexibility index (Phi) is 3.78. The van der Waals surface area contributed by atoms with Crippen molar-refractivity contribution in [2.24, 2.45) is 0 Å². The molecular weight excluding hydrogens is 252 g/mol. The molecule has 0 N–H and O–H groups in total. The second-order valence-electron chi connectivity index (χ2n) is 5.55. The summed E-state index contributed by atoms with van der Waals surface area (Å²) in [6.07, 6.45) is 7.29. The van der Waals surface area contributed by atoms with Gasteiger partial charge in [0.1, 0.15) is 0 Å². The monoisotopic (exact) mass is 272 g/mol. The SMILES string of the molecule is C[C@@H]1CCC[C@H](C)N1Cc1nc(-c2cccnc2)no1. The normalized spacial score (nSPS) is 23.9. The summed E-state index contributed by atoms with van der Waals surface area (Å²) < 4.78 is 5.39. The van der Waals surface area contributed by atoms with Gasteiger partial charge in [0.2, 0.25) is 11.7 Å². The van der Waals surface area contributed by atoms with Crippen molar-refractivity contribution in [3.8, 4) is 11.4 Å². The van der Waals surface area contributed by atoms with E-state index in [0.29, 0.717) is 23.8 Å². The fraction of sp³-hybridized carbons (Fsp3) is 0.533. The Labute approximate surface area is 119 Å². The maximum absolute atomic E-state index is 5.39. The van der Waals surface area contributed by atoms with Gasteiger partial charge >= 0.3 is 0 Å². The molecule has 1 fully saturated rings. The van der Waals surface area contributed by atoms with E-state index in [9.17, 15) is 0 Å². The molecule has 1 aliphatic rings. The third-order valence-electron chi connectivity index (χ3n) is 4.08. The summed E-state index contributed by atoms with van der Waals surface area (Å²) in [7, 11) is 0. The van der Waals surface area contributed by atoms with Gasteiger partial charge in [0.15, 0.2) is 0 Å². The first-order valence-corrected chi connectivity index (χ1v) is 7.23. The molecule has 0 amide bonds. The molecular formula is C15H20N4O. The summed E-state index contributed by atoms with van der Waals surface area (Å²) >= 11 is 0. The zero-order valence-corrected chi connectivity index (χ0v) is 12.0. The summed E-state index contributed by atoms with van der Waals surface area (Å²) in [4.78, 5) is 11.0. The minimum Gasteiger partial charge on any atom is -0.338 e. The predicted molar refractivity (Wildman–Crippen MR) is 75.8 cm³/mol. The van der Waals surface area contributed by atoms with Crippen molar-refractivity contribution in [3.05, 3.63) is 30.4 Å². The van der Waals surface area contributed by atoms with E-state index < -0.39 is 0 Å². The summed E-state index contributed by atoms with van der Waals surface area (Å²) in [5.41, 5.74) is 0.891. The number of rotatable bonds is 3. The van der Waals surface area contributed by atoms with Crippen molar-refractivity contribution in [2.75, 3.05) is 0 Å². The third kappa shape index (κ3) is 2.72. The van der Waals surface area contributed by atoms with Crippen LogP contribution in [0.3, 0.4) is 0 Å². The molecule has 2 atom stereocenters. The smallest absolute Gasteiger partial charge is 0.241 e. The minimum atomic E-state index is 0.576. The maximum atomic E-state index is 5.39. The van der Waals surface area contributed by atoms with Crippen LogP contribution in [0, 0.1) is 0 Å². The first-order valence-electron chi connectivity index (χ1n) is 7.23. The molecule has 1 saturated heterocycles. The van der Waals surface area contributed by atoms with Crippen LogP contribution >= 0.6 is 0 Å². The highest BCUT2D eigenvalue weighted by Gasteiger charge is 2.26. The zero-order valence-electron chi connectivity index (χ0n) is 12.0. The Hall–Kier alpha value is -1.75. The molecule has 2 aromatic rings. The molecule has 0 spiro atoms. The van der Waals surface area contributed by atoms with Crippen LogP contribution in [0.2, 0.25) is 0 Å². The zero-order chi connectivity index (χ0) is 13.9. The Morgan fingerprint density at radius 3 is 2.80 bits per heavy atom. The quantitative estimate of drug-likeness (QED) is 0.860. The number of hydrogen-bond donors (Lipinski definition) is 0. The van der Waals surface area contributed by atoms with Crippen LogP contribution in [-0.2, 0) is 6.54 Å². The lowest BCUT2D eigenvalue weighted by Crippen LogP contribution is -2.43. The second kappa shape index (κ2) is 5.71. The lowest BCUT2D eigenvalue weighted by molar-refractivity contribution is 0.0825. The van der Waals surface area contributed by atoms with Crippen LogP contribution in [0.15, 0.2) is 29.0 Å². The molecule has 0 aromatic carbocycles. The highest BCUT2D eigenvalue weighted by Crippen LogP contribution is 2.24. The molecule has 0 aliphatic carbocycles. The average molecular weight is 272 g/mol. The number of nitrogens with zero attached hydrogens (tertiary/aromatic N) is 4. The molecule has 106 valence electrons.